The van der Waals surface area contributed by atoms with Gasteiger partial charge in [-0.05, 0) is 78.0 Å². The summed E-state index contributed by atoms with van der Waals surface area (Å²) in [5.41, 5.74) is 3.36. The average Bonchev–Trinajstić information content (AvgIpc) is 3.10. The number of para-hydroxylation sites is 1. The summed E-state index contributed by atoms with van der Waals surface area (Å²) in [6.45, 7) is 2.71. The summed E-state index contributed by atoms with van der Waals surface area (Å²) in [4.78, 5) is 27.3. The van der Waals surface area contributed by atoms with Crippen molar-refractivity contribution in [2.75, 3.05) is 24.7 Å². The van der Waals surface area contributed by atoms with E-state index >= 15 is 0 Å². The number of alkyl carbamates (subject to hydrolysis) is 1. The molecule has 0 radical (unpaired) electrons. The molecular formula is C37H40ClN3O5S. The van der Waals surface area contributed by atoms with E-state index in [0.717, 1.165) is 21.6 Å². The van der Waals surface area contributed by atoms with Crippen LogP contribution in [0.1, 0.15) is 36.0 Å². The number of morpholine rings is 1. The number of aryl methyl sites for hydroxylation is 1. The van der Waals surface area contributed by atoms with Gasteiger partial charge in [0.1, 0.15) is 17.9 Å². The molecule has 1 heterocycles. The molecule has 8 nitrogen and oxygen atoms in total. The molecule has 0 spiro atoms. The van der Waals surface area contributed by atoms with Gasteiger partial charge in [-0.3, -0.25) is 4.79 Å². The van der Waals surface area contributed by atoms with Crippen molar-refractivity contribution in [3.05, 3.63) is 131 Å². The summed E-state index contributed by atoms with van der Waals surface area (Å²) in [5.74, 6) is -0.463. The first kappa shape index (κ1) is 34.5. The van der Waals surface area contributed by atoms with Crippen LogP contribution in [0.5, 0.6) is 0 Å². The molecule has 1 fully saturated rings. The Kier molecular flexibility index (Phi) is 12.3. The second-order valence-corrected chi connectivity index (χ2v) is 13.5. The Balaban J connectivity index is 1.29. The van der Waals surface area contributed by atoms with Crippen molar-refractivity contribution >= 4 is 40.5 Å². The number of nitrogens with one attached hydrogen (secondary N) is 3. The van der Waals surface area contributed by atoms with Gasteiger partial charge in [0.2, 0.25) is 5.91 Å². The molecule has 0 aromatic heterocycles. The van der Waals surface area contributed by atoms with Crippen LogP contribution in [0, 0.1) is 0 Å². The van der Waals surface area contributed by atoms with Crippen molar-refractivity contribution < 1.29 is 23.6 Å². The lowest BCUT2D eigenvalue weighted by atomic mass is 9.84. The predicted molar refractivity (Wildman–Crippen MR) is 186 cm³/mol. The molecule has 1 unspecified atom stereocenters. The molecule has 47 heavy (non-hydrogen) atoms. The largest absolute Gasteiger partial charge is 0.611 e. The molecule has 10 heteroatoms. The van der Waals surface area contributed by atoms with Gasteiger partial charge < -0.3 is 30.0 Å². The zero-order chi connectivity index (χ0) is 33.2. The van der Waals surface area contributed by atoms with Crippen LogP contribution in [0.15, 0.2) is 114 Å². The van der Waals surface area contributed by atoms with Gasteiger partial charge in [0.25, 0.3) is 0 Å². The summed E-state index contributed by atoms with van der Waals surface area (Å²) in [6, 6.07) is 33.1. The zero-order valence-corrected chi connectivity index (χ0v) is 28.0. The first-order valence-corrected chi connectivity index (χ1v) is 17.4. The molecule has 2 amide bonds. The van der Waals surface area contributed by atoms with E-state index in [-0.39, 0.29) is 24.2 Å². The Bertz CT molecular complexity index is 1560. The van der Waals surface area contributed by atoms with E-state index in [1.54, 1.807) is 24.3 Å². The molecule has 5 atom stereocenters. The average molecular weight is 674 g/mol. The number of halogens is 1. The second-order valence-electron chi connectivity index (χ2n) is 11.6. The van der Waals surface area contributed by atoms with Crippen LogP contribution < -0.4 is 16.0 Å². The second kappa shape index (κ2) is 16.8. The minimum Gasteiger partial charge on any atom is -0.611 e. The Morgan fingerprint density at radius 1 is 0.957 bits per heavy atom. The summed E-state index contributed by atoms with van der Waals surface area (Å²) < 4.78 is 24.4. The van der Waals surface area contributed by atoms with E-state index in [9.17, 15) is 14.1 Å². The highest BCUT2D eigenvalue weighted by Gasteiger charge is 2.34. The molecule has 5 rings (SSSR count). The lowest BCUT2D eigenvalue weighted by molar-refractivity contribution is -0.118. The van der Waals surface area contributed by atoms with E-state index < -0.39 is 29.2 Å². The maximum absolute atomic E-state index is 14.1. The molecule has 0 aliphatic carbocycles. The molecular weight excluding hydrogens is 634 g/mol. The fourth-order valence-corrected chi connectivity index (χ4v) is 7.24. The van der Waals surface area contributed by atoms with E-state index in [0.29, 0.717) is 35.8 Å². The first-order valence-electron chi connectivity index (χ1n) is 15.7. The number of methoxy groups -OCH3 is 1. The molecule has 4 aromatic rings. The number of carbonyl (C=O) groups is 2. The van der Waals surface area contributed by atoms with Crippen molar-refractivity contribution in [3.63, 3.8) is 0 Å². The number of hydrogen-bond acceptors (Lipinski definition) is 6. The SMILES string of the molecule is COC(=O)N[C@H](C(=O)Nc1ccccc1CC[C@@H]1CN[C@H](C)[C@@H](C[S+]([O-])c2ccc(Cl)cc2)O1)C(c1ccccc1)c1ccccc1. The number of hydrogen-bond donors (Lipinski definition) is 3. The summed E-state index contributed by atoms with van der Waals surface area (Å²) >= 11 is 4.78. The summed E-state index contributed by atoms with van der Waals surface area (Å²) in [7, 11) is 1.28. The molecule has 3 N–H and O–H groups in total. The molecule has 0 saturated carbocycles. The van der Waals surface area contributed by atoms with Gasteiger partial charge >= 0.3 is 6.09 Å². The number of amides is 2. The zero-order valence-electron chi connectivity index (χ0n) is 26.4. The van der Waals surface area contributed by atoms with Gasteiger partial charge in [-0.2, -0.15) is 0 Å². The molecule has 4 aromatic carbocycles. The molecule has 1 aliphatic rings. The van der Waals surface area contributed by atoms with Crippen LogP contribution in [0.2, 0.25) is 5.02 Å². The van der Waals surface area contributed by atoms with Gasteiger partial charge in [0.05, 0.1) is 13.2 Å². The van der Waals surface area contributed by atoms with E-state index in [1.165, 1.54) is 7.11 Å². The number of anilines is 1. The molecule has 246 valence electrons. The monoisotopic (exact) mass is 673 g/mol. The third-order valence-electron chi connectivity index (χ3n) is 8.39. The van der Waals surface area contributed by atoms with Crippen LogP contribution in [-0.4, -0.2) is 60.3 Å². The Hall–Kier alpha value is -3.86. The third kappa shape index (κ3) is 9.37. The molecule has 0 bridgehead atoms. The highest BCUT2D eigenvalue weighted by atomic mass is 35.5. The van der Waals surface area contributed by atoms with Gasteiger partial charge in [0.15, 0.2) is 4.90 Å². The Labute approximate surface area is 284 Å². The van der Waals surface area contributed by atoms with E-state index in [1.807, 2.05) is 91.9 Å². The normalized spacial score (nSPS) is 19.0. The van der Waals surface area contributed by atoms with Crippen molar-refractivity contribution in [1.29, 1.82) is 0 Å². The quantitative estimate of drug-likeness (QED) is 0.152. The van der Waals surface area contributed by atoms with Crippen molar-refractivity contribution in [3.8, 4) is 0 Å². The Morgan fingerprint density at radius 2 is 1.57 bits per heavy atom. The highest BCUT2D eigenvalue weighted by Crippen LogP contribution is 2.30. The standard InChI is InChI=1S/C37H40ClN3O5S/c1-25-33(24-47(44)31-21-18-29(38)19-22-31)46-30(23-39-25)20-17-26-11-9-10-16-32(26)40-36(42)35(41-37(43)45-2)34(27-12-5-3-6-13-27)28-14-7-4-8-15-28/h3-16,18-19,21-22,25,30,33-35,39H,17,20,23-24H2,1-2H3,(H,40,42)(H,41,43)/t25-,30-,33-,35+,47?/m1/s1. The smallest absolute Gasteiger partial charge is 0.407 e. The topological polar surface area (TPSA) is 112 Å². The third-order valence-corrected chi connectivity index (χ3v) is 10.1. The molecule has 1 saturated heterocycles. The number of benzene rings is 4. The van der Waals surface area contributed by atoms with Crippen LogP contribution in [0.25, 0.3) is 0 Å². The van der Waals surface area contributed by atoms with Gasteiger partial charge in [-0.1, -0.05) is 90.5 Å². The number of carbonyl (C=O) groups excluding carboxylic acids is 2. The minimum absolute atomic E-state index is 0.0514. The first-order chi connectivity index (χ1) is 22.8. The lowest BCUT2D eigenvalue weighted by Gasteiger charge is -2.35. The van der Waals surface area contributed by atoms with Crippen LogP contribution in [-0.2, 0) is 31.9 Å². The fourth-order valence-electron chi connectivity index (χ4n) is 5.82. The van der Waals surface area contributed by atoms with Gasteiger partial charge in [0, 0.05) is 29.2 Å². The maximum Gasteiger partial charge on any atom is 0.407 e. The van der Waals surface area contributed by atoms with Crippen LogP contribution in [0.4, 0.5) is 10.5 Å². The maximum atomic E-state index is 14.1. The van der Waals surface area contributed by atoms with Gasteiger partial charge in [-0.25, -0.2) is 4.79 Å². The van der Waals surface area contributed by atoms with Crippen molar-refractivity contribution in [2.45, 2.75) is 54.9 Å². The fraction of sp³-hybridized carbons (Fsp3) is 0.297. The lowest BCUT2D eigenvalue weighted by Crippen LogP contribution is -2.53. The number of ether oxygens (including phenoxy) is 2. The van der Waals surface area contributed by atoms with Gasteiger partial charge in [-0.15, -0.1) is 0 Å². The van der Waals surface area contributed by atoms with Crippen molar-refractivity contribution in [1.82, 2.24) is 10.6 Å². The van der Waals surface area contributed by atoms with Crippen LogP contribution >= 0.6 is 11.6 Å². The molecule has 1 aliphatic heterocycles. The van der Waals surface area contributed by atoms with Crippen molar-refractivity contribution in [2.24, 2.45) is 0 Å². The minimum atomic E-state index is -1.23. The van der Waals surface area contributed by atoms with E-state index in [2.05, 4.69) is 16.0 Å². The highest BCUT2D eigenvalue weighted by molar-refractivity contribution is 7.91. The predicted octanol–water partition coefficient (Wildman–Crippen LogP) is 6.32. The summed E-state index contributed by atoms with van der Waals surface area (Å²) in [6.07, 6.45) is 0.310. The Morgan fingerprint density at radius 3 is 2.21 bits per heavy atom. The summed E-state index contributed by atoms with van der Waals surface area (Å²) in [5, 5.41) is 10.0. The number of rotatable bonds is 12. The van der Waals surface area contributed by atoms with Crippen LogP contribution in [0.3, 0.4) is 0 Å². The van der Waals surface area contributed by atoms with E-state index in [4.69, 9.17) is 21.1 Å².